The fraction of sp³-hybridized carbons (Fsp3) is 0.290. The fourth-order valence-electron chi connectivity index (χ4n) is 15.4. The minimum atomic E-state index is -0.139. The van der Waals surface area contributed by atoms with Crippen molar-refractivity contribution < 1.29 is 0 Å². The Kier molecular flexibility index (Phi) is 11.1. The van der Waals surface area contributed by atoms with Crippen molar-refractivity contribution in [1.29, 1.82) is 0 Å². The van der Waals surface area contributed by atoms with E-state index in [1.807, 2.05) is 17.8 Å². The predicted molar refractivity (Wildman–Crippen MR) is 315 cm³/mol. The Morgan fingerprint density at radius 3 is 2.54 bits per heavy atom. The maximum atomic E-state index is 5.45. The van der Waals surface area contributed by atoms with Gasteiger partial charge in [-0.2, -0.15) is 0 Å². The summed E-state index contributed by atoms with van der Waals surface area (Å²) >= 11 is 4.25. The van der Waals surface area contributed by atoms with Crippen molar-refractivity contribution >= 4 is 46.3 Å². The number of aromatic nitrogens is 1. The molecule has 5 nitrogen and oxygen atoms in total. The summed E-state index contributed by atoms with van der Waals surface area (Å²) in [5, 5.41) is 10.2. The van der Waals surface area contributed by atoms with Gasteiger partial charge in [0.05, 0.1) is 29.0 Å². The van der Waals surface area contributed by atoms with E-state index in [0.29, 0.717) is 35.0 Å². The number of thioether (sulfide) groups is 2. The molecule has 4 aliphatic heterocycles. The van der Waals surface area contributed by atoms with Gasteiger partial charge in [-0.15, -0.1) is 11.8 Å². The zero-order valence-corrected chi connectivity index (χ0v) is 44.3. The summed E-state index contributed by atoms with van der Waals surface area (Å²) in [6, 6.07) is 33.3. The van der Waals surface area contributed by atoms with Crippen LogP contribution in [0.4, 0.5) is 0 Å². The second-order valence-corrected chi connectivity index (χ2v) is 25.1. The first-order valence-electron chi connectivity index (χ1n) is 28.2. The topological polar surface area (TPSA) is 44.6 Å². The minimum Gasteiger partial charge on any atom is -0.353 e. The number of fused-ring (bicyclic) bond motifs is 11. The normalized spacial score (nSPS) is 32.3. The number of para-hydroxylation sites is 2. The van der Waals surface area contributed by atoms with Crippen LogP contribution in [0.5, 0.6) is 0 Å². The third-order valence-electron chi connectivity index (χ3n) is 18.7. The summed E-state index contributed by atoms with van der Waals surface area (Å²) < 4.78 is 2.50. The van der Waals surface area contributed by atoms with Gasteiger partial charge in [0.1, 0.15) is 12.0 Å². The van der Waals surface area contributed by atoms with Crippen LogP contribution in [0, 0.1) is 53.6 Å². The minimum absolute atomic E-state index is 0.0756. The van der Waals surface area contributed by atoms with E-state index in [2.05, 4.69) is 220 Å². The molecule has 0 radical (unpaired) electrons. The van der Waals surface area contributed by atoms with Gasteiger partial charge in [-0.25, -0.2) is 4.99 Å². The zero-order valence-electron chi connectivity index (χ0n) is 42.7. The molecule has 11 atom stereocenters. The van der Waals surface area contributed by atoms with Crippen LogP contribution in [-0.4, -0.2) is 38.9 Å². The van der Waals surface area contributed by atoms with Gasteiger partial charge in [0, 0.05) is 80.5 Å². The quantitative estimate of drug-likeness (QED) is 0.193. The molecular weight excluding hydrogens is 963 g/mol. The highest BCUT2D eigenvalue weighted by molar-refractivity contribution is 8.07. The molecule has 11 unspecified atom stereocenters. The summed E-state index contributed by atoms with van der Waals surface area (Å²) in [6.07, 6.45) is 53.8. The summed E-state index contributed by atoms with van der Waals surface area (Å²) in [5.74, 6) is 3.21. The average molecular weight is 1020 g/mol. The summed E-state index contributed by atoms with van der Waals surface area (Å²) in [6.45, 7) is 0. The summed E-state index contributed by atoms with van der Waals surface area (Å²) in [4.78, 5) is 12.8. The van der Waals surface area contributed by atoms with Crippen molar-refractivity contribution in [2.75, 3.05) is 0 Å². The molecule has 0 bridgehead atoms. The van der Waals surface area contributed by atoms with Crippen LogP contribution < -0.4 is 10.6 Å². The number of allylic oxidation sites excluding steroid dienone is 20. The number of rotatable bonds is 7. The summed E-state index contributed by atoms with van der Waals surface area (Å²) in [7, 11) is 0. The number of benzene rings is 2. The standard InChI is InChI=1S/C69H61N5S2/c1-5-19-42(20-6-1)67-70-68(43-21-7-2-8-22-43)72-69(71-67)54-37-44(47-29-17-33-61-65(47)55-38-52-49-27-13-15-31-57(49)73(45-23-9-3-10-24-45)59(52)40-63(55)75-61)35-36-48(54)51-30-18-34-62-66(51)56-39-53-50-28-14-16-32-58(50)74(46-25-11-4-12-26-46)60(53)41-64(56)76-62/h1-3,5,7,9-11,13-17,19,21,23-29,31-37,40,47-48,50,54-56,58,64-65,67,69,71H,4,6,12,18,20,30,38-39,41H2,(H,70,72). The molecule has 2 fully saturated rings. The van der Waals surface area contributed by atoms with Crippen LogP contribution >= 0.6 is 23.5 Å². The number of nitrogens with zero attached hydrogens (tertiary/aromatic N) is 3. The smallest absolute Gasteiger partial charge is 0.140 e. The molecule has 76 heavy (non-hydrogen) atoms. The molecule has 5 heterocycles. The molecule has 374 valence electrons. The van der Waals surface area contributed by atoms with E-state index in [0.717, 1.165) is 69.2 Å². The Balaban J connectivity index is 0.794. The Hall–Kier alpha value is -6.69. The highest BCUT2D eigenvalue weighted by Crippen LogP contribution is 2.63. The molecule has 0 spiro atoms. The fourth-order valence-corrected chi connectivity index (χ4v) is 18.5. The molecule has 4 aromatic rings. The van der Waals surface area contributed by atoms with Crippen molar-refractivity contribution in [3.05, 3.63) is 259 Å². The van der Waals surface area contributed by atoms with Crippen molar-refractivity contribution in [1.82, 2.24) is 20.1 Å². The van der Waals surface area contributed by atoms with E-state index in [9.17, 15) is 0 Å². The van der Waals surface area contributed by atoms with Crippen LogP contribution in [0.3, 0.4) is 0 Å². The molecule has 2 N–H and O–H groups in total. The van der Waals surface area contributed by atoms with Crippen molar-refractivity contribution in [2.45, 2.75) is 81.4 Å². The van der Waals surface area contributed by atoms with Crippen LogP contribution in [0.1, 0.15) is 68.2 Å². The maximum absolute atomic E-state index is 5.45. The lowest BCUT2D eigenvalue weighted by atomic mass is 9.67. The van der Waals surface area contributed by atoms with E-state index in [1.165, 1.54) is 54.5 Å². The Morgan fingerprint density at radius 1 is 0.724 bits per heavy atom. The molecular formula is C69H61N5S2. The van der Waals surface area contributed by atoms with Gasteiger partial charge < -0.3 is 14.8 Å². The van der Waals surface area contributed by atoms with Gasteiger partial charge in [0.15, 0.2) is 0 Å². The Labute approximate surface area is 456 Å². The Bertz CT molecular complexity index is 3600. The first-order valence-corrected chi connectivity index (χ1v) is 29.9. The highest BCUT2D eigenvalue weighted by atomic mass is 32.2. The van der Waals surface area contributed by atoms with Gasteiger partial charge in [0.25, 0.3) is 0 Å². The summed E-state index contributed by atoms with van der Waals surface area (Å²) in [5.41, 5.74) is 17.1. The largest absolute Gasteiger partial charge is 0.353 e. The van der Waals surface area contributed by atoms with Gasteiger partial charge in [0.2, 0.25) is 0 Å². The number of amidine groups is 1. The average Bonchev–Trinajstić information content (AvgIpc) is 4.29. The van der Waals surface area contributed by atoms with Crippen LogP contribution in [0.25, 0.3) is 22.7 Å². The lowest BCUT2D eigenvalue weighted by Gasteiger charge is -2.42. The monoisotopic (exact) mass is 1020 g/mol. The van der Waals surface area contributed by atoms with Crippen molar-refractivity contribution in [3.63, 3.8) is 0 Å². The lowest BCUT2D eigenvalue weighted by molar-refractivity contribution is 0.297. The van der Waals surface area contributed by atoms with E-state index >= 15 is 0 Å². The molecule has 7 heteroatoms. The first kappa shape index (κ1) is 45.5. The maximum Gasteiger partial charge on any atom is 0.140 e. The molecule has 1 aromatic heterocycles. The SMILES string of the molecule is c1cccc(C2=NC(C3=CC=CCC3)NC(C3C=C(C4C=CC=C5SC6=Cc7c(c8ccccc8n7-c7ccccc7)CC6C54)C=CC3C3=C4C(=CCC3)SC3CC5=C(CC43)C3C=CC=CC3N5C3=CCCC=C3)N2)c#1. The van der Waals surface area contributed by atoms with E-state index in [1.54, 1.807) is 27.3 Å². The van der Waals surface area contributed by atoms with E-state index < -0.39 is 0 Å². The van der Waals surface area contributed by atoms with Gasteiger partial charge in [-0.3, -0.25) is 5.32 Å². The third-order valence-corrected chi connectivity index (χ3v) is 21.5. The second-order valence-electron chi connectivity index (χ2n) is 22.7. The molecule has 16 rings (SSSR count). The molecule has 2 saturated heterocycles. The molecule has 3 aromatic carbocycles. The van der Waals surface area contributed by atoms with E-state index in [4.69, 9.17) is 4.99 Å². The highest BCUT2D eigenvalue weighted by Gasteiger charge is 2.51. The number of aliphatic imine (C=N–C) groups is 1. The first-order chi connectivity index (χ1) is 37.7. The van der Waals surface area contributed by atoms with Crippen LogP contribution in [0.15, 0.2) is 235 Å². The number of nitrogens with one attached hydrogen (secondary N) is 2. The van der Waals surface area contributed by atoms with Gasteiger partial charge in [-0.1, -0.05) is 169 Å². The lowest BCUT2D eigenvalue weighted by Crippen LogP contribution is -2.59. The molecule has 0 amide bonds. The Morgan fingerprint density at radius 2 is 1.64 bits per heavy atom. The van der Waals surface area contributed by atoms with Gasteiger partial charge >= 0.3 is 0 Å². The third kappa shape index (κ3) is 7.38. The van der Waals surface area contributed by atoms with Crippen molar-refractivity contribution in [2.24, 2.45) is 46.4 Å². The van der Waals surface area contributed by atoms with Crippen LogP contribution in [0.2, 0.25) is 0 Å². The molecule has 0 saturated carbocycles. The van der Waals surface area contributed by atoms with Gasteiger partial charge in [-0.05, 0) is 132 Å². The number of hydrogen-bond acceptors (Lipinski definition) is 6. The van der Waals surface area contributed by atoms with E-state index in [-0.39, 0.29) is 30.1 Å². The zero-order chi connectivity index (χ0) is 49.8. The molecule has 8 aliphatic carbocycles. The number of hydrogen-bond donors (Lipinski definition) is 2. The van der Waals surface area contributed by atoms with Crippen LogP contribution in [-0.2, 0) is 6.42 Å². The molecule has 12 aliphatic rings. The second kappa shape index (κ2) is 18.5. The predicted octanol–water partition coefficient (Wildman–Crippen LogP) is 14.9. The van der Waals surface area contributed by atoms with Crippen molar-refractivity contribution in [3.8, 4) is 5.69 Å².